The number of hydrogen-bond donors (Lipinski definition) is 1. The predicted octanol–water partition coefficient (Wildman–Crippen LogP) is 1.75. The molecule has 0 atom stereocenters. The summed E-state index contributed by atoms with van der Waals surface area (Å²) in [5.41, 5.74) is 6.37. The number of rotatable bonds is 3. The van der Waals surface area contributed by atoms with Crippen LogP contribution in [0.3, 0.4) is 0 Å². The monoisotopic (exact) mass is 218 g/mol. The SMILES string of the molecule is Nc1cnc(CSc2ccncc2)cn1. The average Bonchev–Trinajstić information content (AvgIpc) is 2.30. The number of anilines is 1. The summed E-state index contributed by atoms with van der Waals surface area (Å²) in [4.78, 5) is 13.3. The molecule has 0 radical (unpaired) electrons. The lowest BCUT2D eigenvalue weighted by atomic mass is 10.5. The largest absolute Gasteiger partial charge is 0.382 e. The molecule has 2 rings (SSSR count). The second kappa shape index (κ2) is 4.75. The molecule has 5 heteroatoms. The molecule has 4 nitrogen and oxygen atoms in total. The molecule has 76 valence electrons. The number of nitrogen functional groups attached to an aromatic ring is 1. The molecular formula is C10H10N4S. The van der Waals surface area contributed by atoms with Crippen LogP contribution >= 0.6 is 11.8 Å². The van der Waals surface area contributed by atoms with E-state index in [9.17, 15) is 0 Å². The summed E-state index contributed by atoms with van der Waals surface area (Å²) in [6, 6.07) is 3.94. The van der Waals surface area contributed by atoms with Crippen LogP contribution in [0.15, 0.2) is 41.8 Å². The molecule has 2 N–H and O–H groups in total. The molecule has 0 saturated carbocycles. The maximum atomic E-state index is 5.45. The van der Waals surface area contributed by atoms with Gasteiger partial charge in [0.1, 0.15) is 5.82 Å². The molecule has 0 aliphatic heterocycles. The normalized spacial score (nSPS) is 10.1. The Kier molecular flexibility index (Phi) is 3.14. The average molecular weight is 218 g/mol. The third-order valence-corrected chi connectivity index (χ3v) is 2.81. The molecule has 2 aromatic rings. The van der Waals surface area contributed by atoms with Gasteiger partial charge >= 0.3 is 0 Å². The molecule has 2 aromatic heterocycles. The predicted molar refractivity (Wildman–Crippen MR) is 60.2 cm³/mol. The summed E-state index contributed by atoms with van der Waals surface area (Å²) >= 11 is 1.70. The summed E-state index contributed by atoms with van der Waals surface area (Å²) in [5, 5.41) is 0. The summed E-state index contributed by atoms with van der Waals surface area (Å²) in [6.45, 7) is 0. The molecule has 0 amide bonds. The number of thioether (sulfide) groups is 1. The van der Waals surface area contributed by atoms with Crippen LogP contribution in [0.4, 0.5) is 5.82 Å². The Morgan fingerprint density at radius 2 is 1.93 bits per heavy atom. The van der Waals surface area contributed by atoms with Crippen molar-refractivity contribution in [3.8, 4) is 0 Å². The first-order valence-corrected chi connectivity index (χ1v) is 5.42. The van der Waals surface area contributed by atoms with E-state index in [1.54, 1.807) is 36.5 Å². The van der Waals surface area contributed by atoms with Gasteiger partial charge in [-0.25, -0.2) is 4.98 Å². The third-order valence-electron chi connectivity index (χ3n) is 1.76. The van der Waals surface area contributed by atoms with Crippen LogP contribution < -0.4 is 5.73 Å². The zero-order chi connectivity index (χ0) is 10.5. The smallest absolute Gasteiger partial charge is 0.141 e. The van der Waals surface area contributed by atoms with Gasteiger partial charge in [-0.15, -0.1) is 11.8 Å². The minimum atomic E-state index is 0.452. The van der Waals surface area contributed by atoms with Gasteiger partial charge in [0.25, 0.3) is 0 Å². The van der Waals surface area contributed by atoms with Crippen LogP contribution in [-0.4, -0.2) is 15.0 Å². The minimum Gasteiger partial charge on any atom is -0.382 e. The van der Waals surface area contributed by atoms with E-state index in [4.69, 9.17) is 5.73 Å². The Hall–Kier alpha value is -1.62. The van der Waals surface area contributed by atoms with Crippen molar-refractivity contribution in [2.75, 3.05) is 5.73 Å². The van der Waals surface area contributed by atoms with E-state index in [0.717, 1.165) is 11.4 Å². The van der Waals surface area contributed by atoms with Gasteiger partial charge in [0.05, 0.1) is 18.1 Å². The van der Waals surface area contributed by atoms with E-state index < -0.39 is 0 Å². The first kappa shape index (κ1) is 9.92. The van der Waals surface area contributed by atoms with Crippen molar-refractivity contribution >= 4 is 17.6 Å². The highest BCUT2D eigenvalue weighted by Gasteiger charge is 1.97. The van der Waals surface area contributed by atoms with E-state index in [0.29, 0.717) is 5.82 Å². The lowest BCUT2D eigenvalue weighted by Gasteiger charge is -2.00. The third kappa shape index (κ3) is 2.92. The van der Waals surface area contributed by atoms with Gasteiger partial charge in [0.15, 0.2) is 0 Å². The molecule has 0 aliphatic rings. The van der Waals surface area contributed by atoms with Crippen molar-refractivity contribution in [1.82, 2.24) is 15.0 Å². The number of hydrogen-bond acceptors (Lipinski definition) is 5. The molecule has 0 bridgehead atoms. The second-order valence-electron chi connectivity index (χ2n) is 2.90. The topological polar surface area (TPSA) is 64.7 Å². The van der Waals surface area contributed by atoms with Crippen LogP contribution in [0.2, 0.25) is 0 Å². The fourth-order valence-electron chi connectivity index (χ4n) is 1.03. The van der Waals surface area contributed by atoms with E-state index in [2.05, 4.69) is 15.0 Å². The summed E-state index contributed by atoms with van der Waals surface area (Å²) in [5.74, 6) is 1.24. The summed E-state index contributed by atoms with van der Waals surface area (Å²) < 4.78 is 0. The van der Waals surface area contributed by atoms with Crippen LogP contribution in [0.25, 0.3) is 0 Å². The van der Waals surface area contributed by atoms with E-state index in [-0.39, 0.29) is 0 Å². The van der Waals surface area contributed by atoms with Gasteiger partial charge in [-0.3, -0.25) is 9.97 Å². The molecule has 0 saturated heterocycles. The molecule has 0 fully saturated rings. The highest BCUT2D eigenvalue weighted by Crippen LogP contribution is 2.20. The number of nitrogens with zero attached hydrogens (tertiary/aromatic N) is 3. The Bertz CT molecular complexity index is 415. The van der Waals surface area contributed by atoms with Crippen LogP contribution in [0, 0.1) is 0 Å². The van der Waals surface area contributed by atoms with Gasteiger partial charge in [0.2, 0.25) is 0 Å². The zero-order valence-corrected chi connectivity index (χ0v) is 8.81. The number of pyridine rings is 1. The van der Waals surface area contributed by atoms with Crippen LogP contribution in [-0.2, 0) is 5.75 Å². The molecule has 0 spiro atoms. The Morgan fingerprint density at radius 3 is 2.60 bits per heavy atom. The van der Waals surface area contributed by atoms with Crippen LogP contribution in [0.1, 0.15) is 5.69 Å². The van der Waals surface area contributed by atoms with Gasteiger partial charge in [0, 0.05) is 23.0 Å². The summed E-state index contributed by atoms with van der Waals surface area (Å²) in [6.07, 6.45) is 6.82. The Morgan fingerprint density at radius 1 is 1.13 bits per heavy atom. The highest BCUT2D eigenvalue weighted by atomic mass is 32.2. The van der Waals surface area contributed by atoms with Crippen molar-refractivity contribution in [3.63, 3.8) is 0 Å². The van der Waals surface area contributed by atoms with E-state index in [1.165, 1.54) is 4.90 Å². The summed E-state index contributed by atoms with van der Waals surface area (Å²) in [7, 11) is 0. The van der Waals surface area contributed by atoms with Crippen molar-refractivity contribution in [1.29, 1.82) is 0 Å². The van der Waals surface area contributed by atoms with E-state index >= 15 is 0 Å². The zero-order valence-electron chi connectivity index (χ0n) is 8.00. The first-order chi connectivity index (χ1) is 7.34. The van der Waals surface area contributed by atoms with Gasteiger partial charge in [-0.2, -0.15) is 0 Å². The Balaban J connectivity index is 1.96. The minimum absolute atomic E-state index is 0.452. The first-order valence-electron chi connectivity index (χ1n) is 4.44. The van der Waals surface area contributed by atoms with E-state index in [1.807, 2.05) is 12.1 Å². The van der Waals surface area contributed by atoms with Gasteiger partial charge in [-0.05, 0) is 12.1 Å². The molecule has 0 aromatic carbocycles. The number of aromatic nitrogens is 3. The molecule has 0 aliphatic carbocycles. The van der Waals surface area contributed by atoms with Crippen LogP contribution in [0.5, 0.6) is 0 Å². The molecular weight excluding hydrogens is 208 g/mol. The quantitative estimate of drug-likeness (QED) is 0.795. The second-order valence-corrected chi connectivity index (χ2v) is 3.95. The fourth-order valence-corrected chi connectivity index (χ4v) is 1.81. The van der Waals surface area contributed by atoms with Gasteiger partial charge in [-0.1, -0.05) is 0 Å². The Labute approximate surface area is 92.0 Å². The molecule has 0 unspecified atom stereocenters. The highest BCUT2D eigenvalue weighted by molar-refractivity contribution is 7.98. The lowest BCUT2D eigenvalue weighted by Crippen LogP contribution is -1.94. The maximum Gasteiger partial charge on any atom is 0.141 e. The number of nitrogens with two attached hydrogens (primary N) is 1. The van der Waals surface area contributed by atoms with Crippen molar-refractivity contribution < 1.29 is 0 Å². The maximum absolute atomic E-state index is 5.45. The standard InChI is InChI=1S/C10H10N4S/c11-10-6-13-8(5-14-10)7-15-9-1-3-12-4-2-9/h1-6H,7H2,(H2,11,14). The van der Waals surface area contributed by atoms with Crippen molar-refractivity contribution in [3.05, 3.63) is 42.6 Å². The fraction of sp³-hybridized carbons (Fsp3) is 0.100. The van der Waals surface area contributed by atoms with Crippen molar-refractivity contribution in [2.24, 2.45) is 0 Å². The molecule has 2 heterocycles. The van der Waals surface area contributed by atoms with Gasteiger partial charge < -0.3 is 5.73 Å². The van der Waals surface area contributed by atoms with Crippen molar-refractivity contribution in [2.45, 2.75) is 10.6 Å². The lowest BCUT2D eigenvalue weighted by molar-refractivity contribution is 1.11. The molecule has 15 heavy (non-hydrogen) atoms.